The fourth-order valence-corrected chi connectivity index (χ4v) is 3.62. The molecule has 0 aliphatic heterocycles. The molecule has 0 spiro atoms. The summed E-state index contributed by atoms with van der Waals surface area (Å²) in [5, 5.41) is 3.23. The van der Waals surface area contributed by atoms with E-state index in [4.69, 9.17) is 4.74 Å². The molecule has 0 bridgehead atoms. The number of methoxy groups -OCH3 is 1. The number of para-hydroxylation sites is 2. The standard InChI is InChI=1S/C19H18N2O3S/c1-24-18-12-5-6-13-19(18)25(22,23)21-17-11-7-10-16(14-17)20-15-8-3-2-4-9-15/h2-14,20-21H,1H3. The normalized spacial score (nSPS) is 10.9. The lowest BCUT2D eigenvalue weighted by atomic mass is 10.2. The van der Waals surface area contributed by atoms with Crippen molar-refractivity contribution < 1.29 is 13.2 Å². The van der Waals surface area contributed by atoms with Crippen LogP contribution in [0.2, 0.25) is 0 Å². The lowest BCUT2D eigenvalue weighted by Crippen LogP contribution is -2.14. The van der Waals surface area contributed by atoms with Gasteiger partial charge in [0.1, 0.15) is 10.6 Å². The number of anilines is 3. The molecule has 0 heterocycles. The summed E-state index contributed by atoms with van der Waals surface area (Å²) in [4.78, 5) is 0.0962. The highest BCUT2D eigenvalue weighted by molar-refractivity contribution is 7.92. The number of sulfonamides is 1. The minimum atomic E-state index is -3.75. The van der Waals surface area contributed by atoms with Gasteiger partial charge in [-0.25, -0.2) is 8.42 Å². The van der Waals surface area contributed by atoms with Crippen LogP contribution in [-0.4, -0.2) is 15.5 Å². The minimum absolute atomic E-state index is 0.0962. The second-order valence-corrected chi connectivity index (χ2v) is 6.98. The molecule has 3 aromatic carbocycles. The summed E-state index contributed by atoms with van der Waals surface area (Å²) >= 11 is 0. The van der Waals surface area contributed by atoms with Crippen LogP contribution >= 0.6 is 0 Å². The average Bonchev–Trinajstić information content (AvgIpc) is 2.62. The van der Waals surface area contributed by atoms with Crippen LogP contribution in [-0.2, 0) is 10.0 Å². The van der Waals surface area contributed by atoms with Gasteiger partial charge >= 0.3 is 0 Å². The molecule has 0 radical (unpaired) electrons. The number of hydrogen-bond acceptors (Lipinski definition) is 4. The van der Waals surface area contributed by atoms with E-state index >= 15 is 0 Å². The predicted molar refractivity (Wildman–Crippen MR) is 100.0 cm³/mol. The summed E-state index contributed by atoms with van der Waals surface area (Å²) in [7, 11) is -2.31. The summed E-state index contributed by atoms with van der Waals surface area (Å²) < 4.78 is 33.0. The smallest absolute Gasteiger partial charge is 0.265 e. The van der Waals surface area contributed by atoms with Gasteiger partial charge in [0.15, 0.2) is 0 Å². The van der Waals surface area contributed by atoms with Crippen molar-refractivity contribution in [3.63, 3.8) is 0 Å². The van der Waals surface area contributed by atoms with Crippen molar-refractivity contribution in [1.82, 2.24) is 0 Å². The Hall–Kier alpha value is -2.99. The maximum atomic E-state index is 12.6. The largest absolute Gasteiger partial charge is 0.495 e. The first-order valence-electron chi connectivity index (χ1n) is 7.66. The molecular formula is C19H18N2O3S. The van der Waals surface area contributed by atoms with Crippen molar-refractivity contribution in [1.29, 1.82) is 0 Å². The number of rotatable bonds is 6. The summed E-state index contributed by atoms with van der Waals surface area (Å²) in [6, 6.07) is 23.2. The molecule has 0 unspecified atom stereocenters. The van der Waals surface area contributed by atoms with Gasteiger partial charge in [-0.15, -0.1) is 0 Å². The van der Waals surface area contributed by atoms with Gasteiger partial charge in [-0.3, -0.25) is 4.72 Å². The van der Waals surface area contributed by atoms with Gasteiger partial charge in [0.05, 0.1) is 12.8 Å². The third kappa shape index (κ3) is 4.10. The number of nitrogens with one attached hydrogen (secondary N) is 2. The van der Waals surface area contributed by atoms with E-state index in [0.29, 0.717) is 11.4 Å². The molecule has 0 fully saturated rings. The van der Waals surface area contributed by atoms with Crippen LogP contribution in [0.25, 0.3) is 0 Å². The fourth-order valence-electron chi connectivity index (χ4n) is 2.40. The van der Waals surface area contributed by atoms with Gasteiger partial charge in [0.25, 0.3) is 10.0 Å². The van der Waals surface area contributed by atoms with E-state index in [1.807, 2.05) is 36.4 Å². The highest BCUT2D eigenvalue weighted by atomic mass is 32.2. The zero-order valence-electron chi connectivity index (χ0n) is 13.6. The highest BCUT2D eigenvalue weighted by Crippen LogP contribution is 2.26. The zero-order chi connectivity index (χ0) is 17.7. The van der Waals surface area contributed by atoms with Crippen molar-refractivity contribution >= 4 is 27.1 Å². The van der Waals surface area contributed by atoms with E-state index < -0.39 is 10.0 Å². The van der Waals surface area contributed by atoms with Crippen molar-refractivity contribution in [2.24, 2.45) is 0 Å². The third-order valence-electron chi connectivity index (χ3n) is 3.54. The van der Waals surface area contributed by atoms with Crippen molar-refractivity contribution in [3.8, 4) is 5.75 Å². The lowest BCUT2D eigenvalue weighted by Gasteiger charge is -2.13. The van der Waals surface area contributed by atoms with Crippen LogP contribution in [0.3, 0.4) is 0 Å². The van der Waals surface area contributed by atoms with E-state index in [1.54, 1.807) is 36.4 Å². The summed E-state index contributed by atoms with van der Waals surface area (Å²) in [6.45, 7) is 0. The maximum absolute atomic E-state index is 12.6. The first-order valence-corrected chi connectivity index (χ1v) is 9.15. The Bertz CT molecular complexity index is 957. The SMILES string of the molecule is COc1ccccc1S(=O)(=O)Nc1cccc(Nc2ccccc2)c1. The van der Waals surface area contributed by atoms with Crippen LogP contribution < -0.4 is 14.8 Å². The summed E-state index contributed by atoms with van der Waals surface area (Å²) in [5.41, 5.74) is 2.17. The van der Waals surface area contributed by atoms with Gasteiger partial charge in [-0.2, -0.15) is 0 Å². The monoisotopic (exact) mass is 354 g/mol. The Morgan fingerprint density at radius 1 is 0.760 bits per heavy atom. The van der Waals surface area contributed by atoms with Crippen molar-refractivity contribution in [2.45, 2.75) is 4.90 Å². The van der Waals surface area contributed by atoms with Gasteiger partial charge in [0, 0.05) is 11.4 Å². The molecule has 5 nitrogen and oxygen atoms in total. The number of hydrogen-bond donors (Lipinski definition) is 2. The van der Waals surface area contributed by atoms with E-state index in [9.17, 15) is 8.42 Å². The second kappa shape index (κ2) is 7.27. The minimum Gasteiger partial charge on any atom is -0.495 e. The first-order chi connectivity index (χ1) is 12.1. The molecule has 0 aliphatic rings. The predicted octanol–water partition coefficient (Wildman–Crippen LogP) is 4.24. The molecule has 3 aromatic rings. The third-order valence-corrected chi connectivity index (χ3v) is 4.96. The van der Waals surface area contributed by atoms with E-state index in [1.165, 1.54) is 13.2 Å². The van der Waals surface area contributed by atoms with Crippen molar-refractivity contribution in [3.05, 3.63) is 78.9 Å². The van der Waals surface area contributed by atoms with Gasteiger partial charge in [-0.05, 0) is 42.5 Å². The number of benzene rings is 3. The van der Waals surface area contributed by atoms with Crippen LogP contribution in [0.1, 0.15) is 0 Å². The molecule has 2 N–H and O–H groups in total. The van der Waals surface area contributed by atoms with Crippen LogP contribution in [0.4, 0.5) is 17.1 Å². The molecule has 25 heavy (non-hydrogen) atoms. The Morgan fingerprint density at radius 2 is 1.40 bits per heavy atom. The Kier molecular flexibility index (Phi) is 4.90. The molecule has 3 rings (SSSR count). The molecule has 0 atom stereocenters. The molecule has 0 saturated heterocycles. The summed E-state index contributed by atoms with van der Waals surface area (Å²) in [6.07, 6.45) is 0. The Morgan fingerprint density at radius 3 is 2.16 bits per heavy atom. The molecule has 0 aromatic heterocycles. The molecule has 128 valence electrons. The zero-order valence-corrected chi connectivity index (χ0v) is 14.5. The van der Waals surface area contributed by atoms with Crippen LogP contribution in [0, 0.1) is 0 Å². The molecule has 0 aliphatic carbocycles. The molecule has 0 saturated carbocycles. The second-order valence-electron chi connectivity index (χ2n) is 5.33. The fraction of sp³-hybridized carbons (Fsp3) is 0.0526. The maximum Gasteiger partial charge on any atom is 0.265 e. The van der Waals surface area contributed by atoms with E-state index in [0.717, 1.165) is 11.4 Å². The van der Waals surface area contributed by atoms with Gasteiger partial charge in [0.2, 0.25) is 0 Å². The Labute approximate surface area is 147 Å². The molecule has 0 amide bonds. The number of ether oxygens (including phenoxy) is 1. The Balaban J connectivity index is 1.84. The highest BCUT2D eigenvalue weighted by Gasteiger charge is 2.19. The lowest BCUT2D eigenvalue weighted by molar-refractivity contribution is 0.403. The van der Waals surface area contributed by atoms with E-state index in [2.05, 4.69) is 10.0 Å². The summed E-state index contributed by atoms with van der Waals surface area (Å²) in [5.74, 6) is 0.300. The quantitative estimate of drug-likeness (QED) is 0.695. The first kappa shape index (κ1) is 16.9. The van der Waals surface area contributed by atoms with Crippen LogP contribution in [0.15, 0.2) is 83.8 Å². The molecular weight excluding hydrogens is 336 g/mol. The van der Waals surface area contributed by atoms with Gasteiger partial charge in [-0.1, -0.05) is 36.4 Å². The topological polar surface area (TPSA) is 67.4 Å². The van der Waals surface area contributed by atoms with Crippen LogP contribution in [0.5, 0.6) is 5.75 Å². The van der Waals surface area contributed by atoms with Gasteiger partial charge < -0.3 is 10.1 Å². The average molecular weight is 354 g/mol. The molecule has 6 heteroatoms. The van der Waals surface area contributed by atoms with E-state index in [-0.39, 0.29) is 4.90 Å². The van der Waals surface area contributed by atoms with Crippen molar-refractivity contribution in [2.75, 3.05) is 17.1 Å².